The minimum absolute atomic E-state index is 0.308. The SMILES string of the molecule is Cc1cnc(Cn2c(=S)[nH]c3c(F)cccc32)cn1. The fraction of sp³-hybridized carbons (Fsp3) is 0.154. The second-order valence-electron chi connectivity index (χ2n) is 4.30. The molecule has 0 unspecified atom stereocenters. The third-order valence-electron chi connectivity index (χ3n) is 2.91. The van der Waals surface area contributed by atoms with Gasteiger partial charge in [-0.1, -0.05) is 6.07 Å². The molecule has 0 amide bonds. The molecule has 3 rings (SSSR count). The van der Waals surface area contributed by atoms with Crippen LogP contribution in [0.4, 0.5) is 4.39 Å². The summed E-state index contributed by atoms with van der Waals surface area (Å²) in [4.78, 5) is 11.4. The molecule has 0 bridgehead atoms. The molecule has 2 aromatic heterocycles. The summed E-state index contributed by atoms with van der Waals surface area (Å²) >= 11 is 5.23. The summed E-state index contributed by atoms with van der Waals surface area (Å²) in [6.45, 7) is 2.35. The van der Waals surface area contributed by atoms with Crippen LogP contribution < -0.4 is 0 Å². The fourth-order valence-electron chi connectivity index (χ4n) is 1.97. The first-order valence-electron chi connectivity index (χ1n) is 5.80. The molecule has 0 aliphatic carbocycles. The van der Waals surface area contributed by atoms with E-state index in [0.29, 0.717) is 16.8 Å². The van der Waals surface area contributed by atoms with Crippen LogP contribution in [-0.2, 0) is 6.54 Å². The van der Waals surface area contributed by atoms with Crippen LogP contribution in [0.5, 0.6) is 0 Å². The molecule has 6 heteroatoms. The summed E-state index contributed by atoms with van der Waals surface area (Å²) in [6.07, 6.45) is 3.41. The molecular formula is C13H11FN4S. The van der Waals surface area contributed by atoms with Gasteiger partial charge < -0.3 is 9.55 Å². The number of hydrogen-bond acceptors (Lipinski definition) is 3. The molecule has 0 aliphatic rings. The molecule has 0 atom stereocenters. The first-order chi connectivity index (χ1) is 9.15. The lowest BCUT2D eigenvalue weighted by Crippen LogP contribution is -2.02. The van der Waals surface area contributed by atoms with Crippen molar-refractivity contribution in [1.82, 2.24) is 19.5 Å². The topological polar surface area (TPSA) is 46.5 Å². The Morgan fingerprint density at radius 1 is 1.32 bits per heavy atom. The molecule has 0 saturated heterocycles. The standard InChI is InChI=1S/C13H11FN4S/c1-8-5-16-9(6-15-8)7-18-11-4-2-3-10(14)12(11)17-13(18)19/h2-6H,7H2,1H3,(H,17,19). The van der Waals surface area contributed by atoms with Crippen molar-refractivity contribution in [2.75, 3.05) is 0 Å². The van der Waals surface area contributed by atoms with Gasteiger partial charge in [-0.15, -0.1) is 0 Å². The molecule has 96 valence electrons. The van der Waals surface area contributed by atoms with Gasteiger partial charge in [0.05, 0.1) is 29.6 Å². The van der Waals surface area contributed by atoms with Crippen molar-refractivity contribution in [2.45, 2.75) is 13.5 Å². The van der Waals surface area contributed by atoms with Gasteiger partial charge in [0.1, 0.15) is 11.3 Å². The highest BCUT2D eigenvalue weighted by Gasteiger charge is 2.09. The average molecular weight is 274 g/mol. The highest BCUT2D eigenvalue weighted by molar-refractivity contribution is 7.71. The lowest BCUT2D eigenvalue weighted by atomic mass is 10.3. The van der Waals surface area contributed by atoms with Crippen molar-refractivity contribution < 1.29 is 4.39 Å². The van der Waals surface area contributed by atoms with E-state index in [2.05, 4.69) is 15.0 Å². The summed E-state index contributed by atoms with van der Waals surface area (Å²) in [7, 11) is 0. The Balaban J connectivity index is 2.10. The smallest absolute Gasteiger partial charge is 0.178 e. The number of aryl methyl sites for hydroxylation is 1. The van der Waals surface area contributed by atoms with Gasteiger partial charge >= 0.3 is 0 Å². The van der Waals surface area contributed by atoms with Crippen molar-refractivity contribution in [3.8, 4) is 0 Å². The van der Waals surface area contributed by atoms with Crippen LogP contribution in [0.2, 0.25) is 0 Å². The summed E-state index contributed by atoms with van der Waals surface area (Å²) in [5.74, 6) is -0.308. The Kier molecular flexibility index (Phi) is 2.87. The van der Waals surface area contributed by atoms with Crippen molar-refractivity contribution >= 4 is 23.3 Å². The molecule has 0 spiro atoms. The Hall–Kier alpha value is -2.08. The monoisotopic (exact) mass is 274 g/mol. The number of rotatable bonds is 2. The maximum absolute atomic E-state index is 13.7. The van der Waals surface area contributed by atoms with E-state index in [4.69, 9.17) is 12.2 Å². The number of hydrogen-bond donors (Lipinski definition) is 1. The molecule has 0 fully saturated rings. The van der Waals surface area contributed by atoms with E-state index < -0.39 is 0 Å². The first kappa shape index (κ1) is 12.0. The van der Waals surface area contributed by atoms with Crippen molar-refractivity contribution in [3.05, 3.63) is 52.6 Å². The number of halogens is 1. The summed E-state index contributed by atoms with van der Waals surface area (Å²) in [6, 6.07) is 4.90. The molecule has 3 aromatic rings. The van der Waals surface area contributed by atoms with E-state index in [1.807, 2.05) is 17.6 Å². The maximum Gasteiger partial charge on any atom is 0.178 e. The lowest BCUT2D eigenvalue weighted by molar-refractivity contribution is 0.637. The van der Waals surface area contributed by atoms with E-state index in [1.165, 1.54) is 6.07 Å². The second-order valence-corrected chi connectivity index (χ2v) is 4.69. The van der Waals surface area contributed by atoms with E-state index in [1.54, 1.807) is 18.5 Å². The molecule has 1 aromatic carbocycles. The van der Waals surface area contributed by atoms with Crippen LogP contribution in [0, 0.1) is 17.5 Å². The van der Waals surface area contributed by atoms with Gasteiger partial charge in [-0.2, -0.15) is 0 Å². The summed E-state index contributed by atoms with van der Waals surface area (Å²) < 4.78 is 15.9. The number of nitrogens with one attached hydrogen (secondary N) is 1. The van der Waals surface area contributed by atoms with Gasteiger partial charge in [0, 0.05) is 6.20 Å². The normalized spacial score (nSPS) is 11.1. The van der Waals surface area contributed by atoms with E-state index >= 15 is 0 Å². The molecule has 1 N–H and O–H groups in total. The predicted octanol–water partition coefficient (Wildman–Crippen LogP) is 2.98. The van der Waals surface area contributed by atoms with Crippen LogP contribution in [0.1, 0.15) is 11.4 Å². The molecule has 0 aliphatic heterocycles. The van der Waals surface area contributed by atoms with Crippen molar-refractivity contribution in [3.63, 3.8) is 0 Å². The van der Waals surface area contributed by atoms with E-state index in [9.17, 15) is 4.39 Å². The van der Waals surface area contributed by atoms with Crippen molar-refractivity contribution in [1.29, 1.82) is 0 Å². The van der Waals surface area contributed by atoms with Crippen LogP contribution in [-0.4, -0.2) is 19.5 Å². The average Bonchev–Trinajstić information content (AvgIpc) is 2.71. The zero-order chi connectivity index (χ0) is 13.4. The number of para-hydroxylation sites is 1. The number of aromatic amines is 1. The van der Waals surface area contributed by atoms with Crippen LogP contribution in [0.25, 0.3) is 11.0 Å². The summed E-state index contributed by atoms with van der Waals surface area (Å²) in [5.41, 5.74) is 2.80. The van der Waals surface area contributed by atoms with Crippen LogP contribution in [0.15, 0.2) is 30.6 Å². The Morgan fingerprint density at radius 3 is 2.89 bits per heavy atom. The number of fused-ring (bicyclic) bond motifs is 1. The fourth-order valence-corrected chi connectivity index (χ4v) is 2.23. The van der Waals surface area contributed by atoms with Gasteiger partial charge in [0.25, 0.3) is 0 Å². The minimum atomic E-state index is -0.308. The predicted molar refractivity (Wildman–Crippen MR) is 73.0 cm³/mol. The molecule has 0 radical (unpaired) electrons. The number of aromatic nitrogens is 4. The zero-order valence-electron chi connectivity index (χ0n) is 10.2. The van der Waals surface area contributed by atoms with E-state index in [0.717, 1.165) is 16.9 Å². The first-order valence-corrected chi connectivity index (χ1v) is 6.20. The van der Waals surface area contributed by atoms with Gasteiger partial charge in [-0.3, -0.25) is 9.97 Å². The maximum atomic E-state index is 13.7. The highest BCUT2D eigenvalue weighted by atomic mass is 32.1. The highest BCUT2D eigenvalue weighted by Crippen LogP contribution is 2.18. The summed E-state index contributed by atoms with van der Waals surface area (Å²) in [5, 5.41) is 0. The largest absolute Gasteiger partial charge is 0.328 e. The van der Waals surface area contributed by atoms with Gasteiger partial charge in [0.2, 0.25) is 0 Å². The van der Waals surface area contributed by atoms with Gasteiger partial charge in [0.15, 0.2) is 4.77 Å². The number of imidazole rings is 1. The molecule has 19 heavy (non-hydrogen) atoms. The zero-order valence-corrected chi connectivity index (χ0v) is 11.0. The molecule has 2 heterocycles. The van der Waals surface area contributed by atoms with E-state index in [-0.39, 0.29) is 5.82 Å². The third kappa shape index (κ3) is 2.15. The Morgan fingerprint density at radius 2 is 2.16 bits per heavy atom. The molecule has 4 nitrogen and oxygen atoms in total. The molecular weight excluding hydrogens is 263 g/mol. The van der Waals surface area contributed by atoms with Gasteiger partial charge in [-0.05, 0) is 31.3 Å². The van der Waals surface area contributed by atoms with Gasteiger partial charge in [-0.25, -0.2) is 4.39 Å². The number of benzene rings is 1. The molecule has 0 saturated carbocycles. The van der Waals surface area contributed by atoms with Crippen LogP contribution in [0.3, 0.4) is 0 Å². The number of nitrogens with zero attached hydrogens (tertiary/aromatic N) is 3. The quantitative estimate of drug-likeness (QED) is 0.731. The lowest BCUT2D eigenvalue weighted by Gasteiger charge is -2.04. The second kappa shape index (κ2) is 4.55. The minimum Gasteiger partial charge on any atom is -0.328 e. The Labute approximate surface area is 114 Å². The van der Waals surface area contributed by atoms with Crippen LogP contribution >= 0.6 is 12.2 Å². The third-order valence-corrected chi connectivity index (χ3v) is 3.24. The Bertz CT molecular complexity index is 789. The number of H-pyrrole nitrogens is 1. The van der Waals surface area contributed by atoms with Crippen molar-refractivity contribution in [2.24, 2.45) is 0 Å².